The molecule has 0 spiro atoms. The number of amides is 1. The van der Waals surface area contributed by atoms with Crippen molar-refractivity contribution in [3.05, 3.63) is 87.8 Å². The lowest BCUT2D eigenvalue weighted by Gasteiger charge is -2.09. The maximum atomic E-state index is 12.7. The van der Waals surface area contributed by atoms with Gasteiger partial charge in [-0.25, -0.2) is 4.79 Å². The van der Waals surface area contributed by atoms with E-state index in [1.165, 1.54) is 16.9 Å². The number of anilines is 1. The Morgan fingerprint density at radius 3 is 2.34 bits per heavy atom. The van der Waals surface area contributed by atoms with Crippen LogP contribution in [-0.4, -0.2) is 18.5 Å². The van der Waals surface area contributed by atoms with Gasteiger partial charge in [0.05, 0.1) is 12.2 Å². The van der Waals surface area contributed by atoms with Gasteiger partial charge in [-0.1, -0.05) is 56.3 Å². The van der Waals surface area contributed by atoms with Crippen molar-refractivity contribution in [2.75, 3.05) is 11.9 Å². The topological polar surface area (TPSA) is 55.4 Å². The van der Waals surface area contributed by atoms with Crippen LogP contribution in [0.2, 0.25) is 0 Å². The van der Waals surface area contributed by atoms with E-state index >= 15 is 0 Å². The highest BCUT2D eigenvalue weighted by atomic mass is 32.1. The van der Waals surface area contributed by atoms with Crippen LogP contribution in [0.25, 0.3) is 0 Å². The Balaban J connectivity index is 1.90. The first-order valence-corrected chi connectivity index (χ1v) is 10.6. The van der Waals surface area contributed by atoms with E-state index in [9.17, 15) is 9.59 Å². The predicted octanol–water partition coefficient (Wildman–Crippen LogP) is 5.89. The third kappa shape index (κ3) is 4.93. The lowest BCUT2D eigenvalue weighted by molar-refractivity contribution is 0.0528. The van der Waals surface area contributed by atoms with Crippen molar-refractivity contribution < 1.29 is 14.3 Å². The first-order valence-electron chi connectivity index (χ1n) is 9.79. The number of hydrogen-bond donors (Lipinski definition) is 1. The Hall–Kier alpha value is -2.92. The SMILES string of the molecule is CCOC(=O)c1cc([C@@H](C)c2ccccc2)sc1NC(=O)c1ccc(CC)cc1. The molecule has 0 saturated heterocycles. The molecule has 1 heterocycles. The van der Waals surface area contributed by atoms with E-state index in [0.717, 1.165) is 16.9 Å². The van der Waals surface area contributed by atoms with Gasteiger partial charge in [-0.15, -0.1) is 11.3 Å². The zero-order valence-corrected chi connectivity index (χ0v) is 17.7. The molecule has 150 valence electrons. The Kier molecular flexibility index (Phi) is 6.83. The van der Waals surface area contributed by atoms with E-state index in [0.29, 0.717) is 16.1 Å². The molecule has 5 heteroatoms. The van der Waals surface area contributed by atoms with Gasteiger partial charge < -0.3 is 10.1 Å². The van der Waals surface area contributed by atoms with Crippen molar-refractivity contribution in [3.8, 4) is 0 Å². The van der Waals surface area contributed by atoms with E-state index in [2.05, 4.69) is 31.3 Å². The summed E-state index contributed by atoms with van der Waals surface area (Å²) in [5.41, 5.74) is 3.28. The maximum Gasteiger partial charge on any atom is 0.341 e. The minimum atomic E-state index is -0.424. The number of carbonyl (C=O) groups is 2. The van der Waals surface area contributed by atoms with E-state index in [-0.39, 0.29) is 18.4 Å². The number of hydrogen-bond acceptors (Lipinski definition) is 4. The largest absolute Gasteiger partial charge is 0.462 e. The summed E-state index contributed by atoms with van der Waals surface area (Å²) in [6, 6.07) is 19.4. The highest BCUT2D eigenvalue weighted by Gasteiger charge is 2.22. The first kappa shape index (κ1) is 20.8. The monoisotopic (exact) mass is 407 g/mol. The van der Waals surface area contributed by atoms with Crippen LogP contribution in [0.4, 0.5) is 5.00 Å². The normalized spacial score (nSPS) is 11.7. The fourth-order valence-corrected chi connectivity index (χ4v) is 4.17. The summed E-state index contributed by atoms with van der Waals surface area (Å²) in [5, 5.41) is 3.43. The fraction of sp³-hybridized carbons (Fsp3) is 0.250. The first-order chi connectivity index (χ1) is 14.0. The molecule has 0 fully saturated rings. The van der Waals surface area contributed by atoms with Gasteiger partial charge in [-0.2, -0.15) is 0 Å². The molecule has 1 N–H and O–H groups in total. The van der Waals surface area contributed by atoms with Gasteiger partial charge in [0, 0.05) is 16.4 Å². The Bertz CT molecular complexity index is 977. The summed E-state index contributed by atoms with van der Waals surface area (Å²) < 4.78 is 5.20. The second kappa shape index (κ2) is 9.52. The smallest absolute Gasteiger partial charge is 0.341 e. The standard InChI is InChI=1S/C24H25NO3S/c1-4-17-11-13-19(14-12-17)22(26)25-23-20(24(27)28-5-2)15-21(29-23)16(3)18-9-7-6-8-10-18/h6-16H,4-5H2,1-3H3,(H,25,26)/t16-/m0/s1. The second-order valence-corrected chi connectivity index (χ2v) is 7.83. The van der Waals surface area contributed by atoms with Gasteiger partial charge in [0.1, 0.15) is 5.00 Å². The lowest BCUT2D eigenvalue weighted by atomic mass is 9.99. The molecule has 0 unspecified atom stereocenters. The maximum absolute atomic E-state index is 12.7. The molecule has 0 saturated carbocycles. The van der Waals surface area contributed by atoms with Crippen molar-refractivity contribution >= 4 is 28.2 Å². The Labute approximate surface area is 175 Å². The molecule has 1 amide bonds. The van der Waals surface area contributed by atoms with Crippen LogP contribution in [0, 0.1) is 0 Å². The van der Waals surface area contributed by atoms with Crippen LogP contribution in [0.5, 0.6) is 0 Å². The molecule has 4 nitrogen and oxygen atoms in total. The molecule has 3 rings (SSSR count). The van der Waals surface area contributed by atoms with Gasteiger partial charge >= 0.3 is 5.97 Å². The second-order valence-electron chi connectivity index (χ2n) is 6.75. The zero-order valence-electron chi connectivity index (χ0n) is 16.9. The number of aryl methyl sites for hydroxylation is 1. The summed E-state index contributed by atoms with van der Waals surface area (Å²) in [5.74, 6) is -0.560. The molecule has 1 atom stereocenters. The molecule has 0 aliphatic heterocycles. The Morgan fingerprint density at radius 2 is 1.72 bits per heavy atom. The molecular formula is C24H25NO3S. The molecule has 29 heavy (non-hydrogen) atoms. The third-order valence-electron chi connectivity index (χ3n) is 4.82. The average molecular weight is 408 g/mol. The number of nitrogens with one attached hydrogen (secondary N) is 1. The van der Waals surface area contributed by atoms with Gasteiger partial charge in [0.15, 0.2) is 0 Å². The molecule has 2 aromatic carbocycles. The van der Waals surface area contributed by atoms with E-state index in [1.807, 2.05) is 36.4 Å². The molecule has 0 aliphatic carbocycles. The summed E-state index contributed by atoms with van der Waals surface area (Å²) in [7, 11) is 0. The summed E-state index contributed by atoms with van der Waals surface area (Å²) in [6.07, 6.45) is 0.917. The van der Waals surface area contributed by atoms with Gasteiger partial charge in [-0.05, 0) is 42.7 Å². The van der Waals surface area contributed by atoms with Crippen LogP contribution in [-0.2, 0) is 11.2 Å². The molecule has 1 aromatic heterocycles. The minimum Gasteiger partial charge on any atom is -0.462 e. The average Bonchev–Trinajstić information content (AvgIpc) is 3.18. The van der Waals surface area contributed by atoms with Crippen LogP contribution in [0.3, 0.4) is 0 Å². The lowest BCUT2D eigenvalue weighted by Crippen LogP contribution is -2.14. The molecule has 3 aromatic rings. The molecule has 0 bridgehead atoms. The number of ether oxygens (including phenoxy) is 1. The van der Waals surface area contributed by atoms with Gasteiger partial charge in [-0.3, -0.25) is 4.79 Å². The Morgan fingerprint density at radius 1 is 1.03 bits per heavy atom. The number of rotatable bonds is 7. The van der Waals surface area contributed by atoms with Crippen molar-refractivity contribution in [2.24, 2.45) is 0 Å². The molecule has 0 aliphatic rings. The van der Waals surface area contributed by atoms with Crippen LogP contribution in [0.1, 0.15) is 63.4 Å². The van der Waals surface area contributed by atoms with Crippen molar-refractivity contribution in [1.29, 1.82) is 0 Å². The quantitative estimate of drug-likeness (QED) is 0.497. The summed E-state index contributed by atoms with van der Waals surface area (Å²) in [4.78, 5) is 26.2. The van der Waals surface area contributed by atoms with Crippen molar-refractivity contribution in [1.82, 2.24) is 0 Å². The van der Waals surface area contributed by atoms with Gasteiger partial charge in [0.2, 0.25) is 0 Å². The predicted molar refractivity (Wildman–Crippen MR) is 118 cm³/mol. The van der Waals surface area contributed by atoms with Crippen LogP contribution >= 0.6 is 11.3 Å². The molecular weight excluding hydrogens is 382 g/mol. The summed E-state index contributed by atoms with van der Waals surface area (Å²) in [6.45, 7) is 6.21. The van der Waals surface area contributed by atoms with Crippen LogP contribution < -0.4 is 5.32 Å². The zero-order chi connectivity index (χ0) is 20.8. The minimum absolute atomic E-state index is 0.101. The van der Waals surface area contributed by atoms with E-state index < -0.39 is 5.97 Å². The van der Waals surface area contributed by atoms with Crippen molar-refractivity contribution in [3.63, 3.8) is 0 Å². The van der Waals surface area contributed by atoms with E-state index in [4.69, 9.17) is 4.74 Å². The highest BCUT2D eigenvalue weighted by molar-refractivity contribution is 7.16. The van der Waals surface area contributed by atoms with E-state index in [1.54, 1.807) is 19.1 Å². The van der Waals surface area contributed by atoms with Gasteiger partial charge in [0.25, 0.3) is 5.91 Å². The fourth-order valence-electron chi connectivity index (χ4n) is 3.05. The highest BCUT2D eigenvalue weighted by Crippen LogP contribution is 2.36. The number of thiophene rings is 1. The number of benzene rings is 2. The number of carbonyl (C=O) groups excluding carboxylic acids is 2. The van der Waals surface area contributed by atoms with Crippen molar-refractivity contribution in [2.45, 2.75) is 33.1 Å². The number of esters is 1. The summed E-state index contributed by atoms with van der Waals surface area (Å²) >= 11 is 1.41. The molecule has 0 radical (unpaired) electrons. The van der Waals surface area contributed by atoms with Crippen LogP contribution in [0.15, 0.2) is 60.7 Å². The third-order valence-corrected chi connectivity index (χ3v) is 6.06.